The Balaban J connectivity index is 1.28. The van der Waals surface area contributed by atoms with Gasteiger partial charge < -0.3 is 24.6 Å². The van der Waals surface area contributed by atoms with Crippen molar-refractivity contribution >= 4 is 17.4 Å². The highest BCUT2D eigenvalue weighted by atomic mass is 16.6. The van der Waals surface area contributed by atoms with Crippen molar-refractivity contribution in [3.05, 3.63) is 42.6 Å². The van der Waals surface area contributed by atoms with Crippen LogP contribution in [0.4, 0.5) is 11.5 Å². The summed E-state index contributed by atoms with van der Waals surface area (Å²) in [6, 6.07) is 11.5. The van der Waals surface area contributed by atoms with Gasteiger partial charge in [0.05, 0.1) is 6.54 Å². The predicted molar refractivity (Wildman–Crippen MR) is 99.0 cm³/mol. The molecule has 2 aliphatic rings. The van der Waals surface area contributed by atoms with Crippen molar-refractivity contribution in [2.24, 2.45) is 0 Å². The first kappa shape index (κ1) is 16.5. The summed E-state index contributed by atoms with van der Waals surface area (Å²) in [6.07, 6.45) is 1.80. The molecule has 7 heteroatoms. The largest absolute Gasteiger partial charge is 0.486 e. The van der Waals surface area contributed by atoms with Crippen molar-refractivity contribution in [3.8, 4) is 11.5 Å². The minimum absolute atomic E-state index is 0.0977. The molecule has 0 radical (unpaired) electrons. The summed E-state index contributed by atoms with van der Waals surface area (Å²) in [4.78, 5) is 20.9. The van der Waals surface area contributed by atoms with E-state index in [2.05, 4.69) is 15.2 Å². The number of hydrogen-bond donors (Lipinski definition) is 1. The number of rotatable bonds is 4. The number of piperazine rings is 1. The van der Waals surface area contributed by atoms with Gasteiger partial charge in [-0.25, -0.2) is 4.98 Å². The van der Waals surface area contributed by atoms with Crippen LogP contribution in [0.2, 0.25) is 0 Å². The van der Waals surface area contributed by atoms with E-state index in [1.54, 1.807) is 6.20 Å². The van der Waals surface area contributed by atoms with Gasteiger partial charge in [0.1, 0.15) is 19.0 Å². The van der Waals surface area contributed by atoms with Crippen LogP contribution < -0.4 is 19.7 Å². The van der Waals surface area contributed by atoms with Crippen LogP contribution in [0.3, 0.4) is 0 Å². The lowest BCUT2D eigenvalue weighted by molar-refractivity contribution is -0.129. The second-order valence-corrected chi connectivity index (χ2v) is 6.27. The molecule has 0 atom stereocenters. The molecule has 0 bridgehead atoms. The van der Waals surface area contributed by atoms with Crippen LogP contribution in [0.5, 0.6) is 11.5 Å². The Bertz CT molecular complexity index is 761. The quantitative estimate of drug-likeness (QED) is 0.900. The van der Waals surface area contributed by atoms with Crippen LogP contribution in [0.15, 0.2) is 42.6 Å². The normalized spacial score (nSPS) is 16.3. The minimum Gasteiger partial charge on any atom is -0.486 e. The number of nitrogens with one attached hydrogen (secondary N) is 1. The molecule has 1 saturated heterocycles. The number of ether oxygens (including phenoxy) is 2. The number of benzene rings is 1. The summed E-state index contributed by atoms with van der Waals surface area (Å²) in [6.45, 7) is 4.40. The molecule has 1 N–H and O–H groups in total. The van der Waals surface area contributed by atoms with Gasteiger partial charge in [-0.3, -0.25) is 4.79 Å². The maximum Gasteiger partial charge on any atom is 0.241 e. The lowest BCUT2D eigenvalue weighted by Crippen LogP contribution is -2.50. The van der Waals surface area contributed by atoms with E-state index in [0.717, 1.165) is 36.1 Å². The number of carbonyl (C=O) groups is 1. The SMILES string of the molecule is O=C(CNc1ccc2c(c1)OCCO2)N1CCN(c2ccccn2)CC1. The van der Waals surface area contributed by atoms with Crippen molar-refractivity contribution in [2.45, 2.75) is 0 Å². The molecule has 136 valence electrons. The van der Waals surface area contributed by atoms with Gasteiger partial charge in [0, 0.05) is 44.1 Å². The van der Waals surface area contributed by atoms with Gasteiger partial charge >= 0.3 is 0 Å². The zero-order valence-electron chi connectivity index (χ0n) is 14.6. The van der Waals surface area contributed by atoms with Gasteiger partial charge in [0.2, 0.25) is 5.91 Å². The summed E-state index contributed by atoms with van der Waals surface area (Å²) >= 11 is 0. The van der Waals surface area contributed by atoms with Crippen molar-refractivity contribution in [2.75, 3.05) is 56.2 Å². The van der Waals surface area contributed by atoms with Crippen LogP contribution in [-0.4, -0.2) is 61.7 Å². The Morgan fingerprint density at radius 1 is 1.04 bits per heavy atom. The molecule has 1 fully saturated rings. The van der Waals surface area contributed by atoms with Crippen LogP contribution in [-0.2, 0) is 4.79 Å². The average Bonchev–Trinajstić information content (AvgIpc) is 2.72. The van der Waals surface area contributed by atoms with Gasteiger partial charge in [-0.05, 0) is 24.3 Å². The number of aromatic nitrogens is 1. The topological polar surface area (TPSA) is 66.9 Å². The van der Waals surface area contributed by atoms with E-state index in [-0.39, 0.29) is 12.5 Å². The first-order valence-electron chi connectivity index (χ1n) is 8.87. The van der Waals surface area contributed by atoms with Crippen molar-refractivity contribution in [3.63, 3.8) is 0 Å². The molecule has 3 heterocycles. The van der Waals surface area contributed by atoms with Crippen molar-refractivity contribution in [1.82, 2.24) is 9.88 Å². The van der Waals surface area contributed by atoms with E-state index >= 15 is 0 Å². The van der Waals surface area contributed by atoms with E-state index in [9.17, 15) is 4.79 Å². The highest BCUT2D eigenvalue weighted by molar-refractivity contribution is 5.81. The van der Waals surface area contributed by atoms with E-state index < -0.39 is 0 Å². The van der Waals surface area contributed by atoms with Crippen molar-refractivity contribution in [1.29, 1.82) is 0 Å². The van der Waals surface area contributed by atoms with Gasteiger partial charge in [-0.2, -0.15) is 0 Å². The first-order chi connectivity index (χ1) is 12.8. The average molecular weight is 354 g/mol. The molecule has 0 aliphatic carbocycles. The number of fused-ring (bicyclic) bond motifs is 1. The Morgan fingerprint density at radius 2 is 1.85 bits per heavy atom. The Kier molecular flexibility index (Phi) is 4.77. The first-order valence-corrected chi connectivity index (χ1v) is 8.87. The molecule has 1 aromatic carbocycles. The second kappa shape index (κ2) is 7.51. The fraction of sp³-hybridized carbons (Fsp3) is 0.368. The molecule has 1 aromatic heterocycles. The third-order valence-corrected chi connectivity index (χ3v) is 4.59. The summed E-state index contributed by atoms with van der Waals surface area (Å²) in [5, 5.41) is 3.18. The summed E-state index contributed by atoms with van der Waals surface area (Å²) in [7, 11) is 0. The maximum absolute atomic E-state index is 12.5. The Hall–Kier alpha value is -2.96. The third kappa shape index (κ3) is 3.66. The molecule has 26 heavy (non-hydrogen) atoms. The molecule has 0 spiro atoms. The lowest BCUT2D eigenvalue weighted by atomic mass is 10.2. The number of amides is 1. The molecule has 0 saturated carbocycles. The number of hydrogen-bond acceptors (Lipinski definition) is 6. The lowest BCUT2D eigenvalue weighted by Gasteiger charge is -2.35. The Morgan fingerprint density at radius 3 is 2.62 bits per heavy atom. The zero-order valence-corrected chi connectivity index (χ0v) is 14.6. The van der Waals surface area contributed by atoms with Crippen LogP contribution in [0.25, 0.3) is 0 Å². The van der Waals surface area contributed by atoms with Gasteiger partial charge in [-0.15, -0.1) is 0 Å². The number of pyridine rings is 1. The maximum atomic E-state index is 12.5. The van der Waals surface area contributed by atoms with Gasteiger partial charge in [0.25, 0.3) is 0 Å². The van der Waals surface area contributed by atoms with Crippen LogP contribution >= 0.6 is 0 Å². The van der Waals surface area contributed by atoms with Crippen LogP contribution in [0.1, 0.15) is 0 Å². The van der Waals surface area contributed by atoms with Gasteiger partial charge in [-0.1, -0.05) is 6.07 Å². The van der Waals surface area contributed by atoms with E-state index in [4.69, 9.17) is 9.47 Å². The van der Waals surface area contributed by atoms with Crippen LogP contribution in [0, 0.1) is 0 Å². The molecule has 2 aromatic rings. The summed E-state index contributed by atoms with van der Waals surface area (Å²) < 4.78 is 11.1. The zero-order chi connectivity index (χ0) is 17.8. The molecule has 4 rings (SSSR count). The Labute approximate surface area is 152 Å². The monoisotopic (exact) mass is 354 g/mol. The number of carbonyl (C=O) groups excluding carboxylic acids is 1. The summed E-state index contributed by atoms with van der Waals surface area (Å²) in [5.41, 5.74) is 0.856. The fourth-order valence-electron chi connectivity index (χ4n) is 3.17. The second-order valence-electron chi connectivity index (χ2n) is 6.27. The smallest absolute Gasteiger partial charge is 0.241 e. The number of anilines is 2. The highest BCUT2D eigenvalue weighted by Crippen LogP contribution is 2.32. The third-order valence-electron chi connectivity index (χ3n) is 4.59. The molecular weight excluding hydrogens is 332 g/mol. The minimum atomic E-state index is 0.0977. The molecule has 1 amide bonds. The van der Waals surface area contributed by atoms with Crippen molar-refractivity contribution < 1.29 is 14.3 Å². The number of nitrogens with zero attached hydrogens (tertiary/aromatic N) is 3. The standard InChI is InChI=1S/C19H22N4O3/c24-19(14-21-15-4-5-16-17(13-15)26-12-11-25-16)23-9-7-22(8-10-23)18-3-1-2-6-20-18/h1-6,13,21H,7-12,14H2. The summed E-state index contributed by atoms with van der Waals surface area (Å²) in [5.74, 6) is 2.53. The molecule has 0 unspecified atom stereocenters. The molecule has 7 nitrogen and oxygen atoms in total. The van der Waals surface area contributed by atoms with E-state index in [1.807, 2.05) is 41.3 Å². The molecular formula is C19H22N4O3. The highest BCUT2D eigenvalue weighted by Gasteiger charge is 2.21. The van der Waals surface area contributed by atoms with E-state index in [0.29, 0.717) is 26.3 Å². The molecule has 2 aliphatic heterocycles. The fourth-order valence-corrected chi connectivity index (χ4v) is 3.17. The van der Waals surface area contributed by atoms with Gasteiger partial charge in [0.15, 0.2) is 11.5 Å². The predicted octanol–water partition coefficient (Wildman–Crippen LogP) is 1.61. The van der Waals surface area contributed by atoms with E-state index in [1.165, 1.54) is 0 Å².